The highest BCUT2D eigenvalue weighted by molar-refractivity contribution is 6.08. The van der Waals surface area contributed by atoms with Crippen molar-refractivity contribution < 1.29 is 13.9 Å². The maximum absolute atomic E-state index is 14.9. The Bertz CT molecular complexity index is 1510. The van der Waals surface area contributed by atoms with Crippen LogP contribution in [-0.2, 0) is 0 Å². The summed E-state index contributed by atoms with van der Waals surface area (Å²) in [5, 5.41) is 6.67. The van der Waals surface area contributed by atoms with Gasteiger partial charge in [-0.1, -0.05) is 18.2 Å². The van der Waals surface area contributed by atoms with E-state index in [1.807, 2.05) is 37.3 Å². The average molecular weight is 526 g/mol. The van der Waals surface area contributed by atoms with Crippen LogP contribution in [0.2, 0.25) is 0 Å². The molecular formula is C26H22Cl2FN5O2. The number of para-hydroxylation sites is 1. The Balaban J connectivity index is 0.00000180. The molecule has 0 aliphatic heterocycles. The zero-order valence-electron chi connectivity index (χ0n) is 19.0. The summed E-state index contributed by atoms with van der Waals surface area (Å²) in [6, 6.07) is 18.8. The summed E-state index contributed by atoms with van der Waals surface area (Å²) in [7, 11) is 0. The van der Waals surface area contributed by atoms with Crippen LogP contribution in [0.3, 0.4) is 0 Å². The number of pyridine rings is 2. The molecule has 3 aromatic heterocycles. The fraction of sp³-hybridized carbons (Fsp3) is 0.0385. The van der Waals surface area contributed by atoms with Crippen LogP contribution in [0.5, 0.6) is 11.5 Å². The second-order valence-corrected chi connectivity index (χ2v) is 7.59. The van der Waals surface area contributed by atoms with Crippen molar-refractivity contribution in [3.63, 3.8) is 0 Å². The van der Waals surface area contributed by atoms with Gasteiger partial charge in [-0.05, 0) is 55.0 Å². The largest absolute Gasteiger partial charge is 0.453 e. The number of rotatable bonds is 6. The molecule has 3 N–H and O–H groups in total. The first kappa shape index (κ1) is 26.5. The lowest BCUT2D eigenvalue weighted by atomic mass is 10.1. The number of nitrogens with zero attached hydrogens (tertiary/aromatic N) is 2. The summed E-state index contributed by atoms with van der Waals surface area (Å²) in [6.07, 6.45) is 4.90. The van der Waals surface area contributed by atoms with Gasteiger partial charge in [0.1, 0.15) is 17.2 Å². The summed E-state index contributed by atoms with van der Waals surface area (Å²) in [5.74, 6) is -0.0146. The molecule has 7 nitrogen and oxygen atoms in total. The van der Waals surface area contributed by atoms with E-state index in [-0.39, 0.29) is 36.5 Å². The molecule has 0 bridgehead atoms. The summed E-state index contributed by atoms with van der Waals surface area (Å²) in [4.78, 5) is 24.4. The molecule has 0 spiro atoms. The van der Waals surface area contributed by atoms with E-state index < -0.39 is 5.82 Å². The third-order valence-electron chi connectivity index (χ3n) is 5.28. The molecule has 0 saturated heterocycles. The molecular weight excluding hydrogens is 504 g/mol. The molecule has 0 atom stereocenters. The molecule has 0 aliphatic rings. The van der Waals surface area contributed by atoms with Gasteiger partial charge in [0.15, 0.2) is 11.6 Å². The second kappa shape index (κ2) is 11.5. The van der Waals surface area contributed by atoms with E-state index >= 15 is 0 Å². The number of hydrogen-bond donors (Lipinski definition) is 3. The number of carbonyl (C=O) groups excluding carboxylic acids is 1. The molecule has 5 aromatic rings. The minimum Gasteiger partial charge on any atom is -0.453 e. The van der Waals surface area contributed by atoms with Gasteiger partial charge >= 0.3 is 0 Å². The smallest absolute Gasteiger partial charge is 0.259 e. The third-order valence-corrected chi connectivity index (χ3v) is 5.28. The van der Waals surface area contributed by atoms with Gasteiger partial charge in [-0.25, -0.2) is 14.4 Å². The molecule has 36 heavy (non-hydrogen) atoms. The number of amides is 1. The topological polar surface area (TPSA) is 91.9 Å². The molecule has 3 heterocycles. The Labute approximate surface area is 219 Å². The van der Waals surface area contributed by atoms with Gasteiger partial charge in [-0.15, -0.1) is 24.8 Å². The third kappa shape index (κ3) is 5.56. The minimum atomic E-state index is -0.563. The van der Waals surface area contributed by atoms with Crippen LogP contribution < -0.4 is 15.4 Å². The Hall–Kier alpha value is -4.14. The molecule has 5 rings (SSSR count). The van der Waals surface area contributed by atoms with Crippen LogP contribution in [-0.4, -0.2) is 20.9 Å². The number of carbonyl (C=O) groups is 1. The van der Waals surface area contributed by atoms with Gasteiger partial charge in [-0.3, -0.25) is 4.79 Å². The summed E-state index contributed by atoms with van der Waals surface area (Å²) >= 11 is 0. The van der Waals surface area contributed by atoms with Crippen molar-refractivity contribution in [3.05, 3.63) is 102 Å². The van der Waals surface area contributed by atoms with Crippen LogP contribution in [0, 0.1) is 12.7 Å². The quantitative estimate of drug-likeness (QED) is 0.221. The van der Waals surface area contributed by atoms with Crippen molar-refractivity contribution in [2.75, 3.05) is 10.6 Å². The molecule has 10 heteroatoms. The first-order valence-corrected chi connectivity index (χ1v) is 10.6. The van der Waals surface area contributed by atoms with Gasteiger partial charge in [0.2, 0.25) is 0 Å². The molecule has 0 unspecified atom stereocenters. The number of fused-ring (bicyclic) bond motifs is 1. The maximum Gasteiger partial charge on any atom is 0.259 e. The summed E-state index contributed by atoms with van der Waals surface area (Å²) in [6.45, 7) is 1.91. The Morgan fingerprint density at radius 1 is 0.944 bits per heavy atom. The number of ether oxygens (including phenoxy) is 1. The number of aromatic amines is 1. The second-order valence-electron chi connectivity index (χ2n) is 7.59. The number of halogens is 3. The molecule has 0 fully saturated rings. The van der Waals surface area contributed by atoms with Crippen molar-refractivity contribution in [2.45, 2.75) is 6.92 Å². The zero-order chi connectivity index (χ0) is 23.5. The van der Waals surface area contributed by atoms with Crippen molar-refractivity contribution in [2.24, 2.45) is 0 Å². The number of nitrogens with one attached hydrogen (secondary N) is 3. The minimum absolute atomic E-state index is 0. The number of benzene rings is 2. The molecule has 184 valence electrons. The van der Waals surface area contributed by atoms with E-state index in [1.165, 1.54) is 12.1 Å². The Morgan fingerprint density at radius 3 is 2.58 bits per heavy atom. The highest BCUT2D eigenvalue weighted by Crippen LogP contribution is 2.32. The van der Waals surface area contributed by atoms with Crippen LogP contribution in [0.4, 0.5) is 21.6 Å². The van der Waals surface area contributed by atoms with E-state index in [0.717, 1.165) is 10.9 Å². The number of anilines is 3. The Kier molecular flexibility index (Phi) is 8.47. The number of hydrogen-bond acceptors (Lipinski definition) is 5. The maximum atomic E-state index is 14.9. The molecule has 2 aromatic carbocycles. The lowest BCUT2D eigenvalue weighted by molar-refractivity contribution is 0.102. The molecule has 0 radical (unpaired) electrons. The first-order chi connectivity index (χ1) is 16.6. The fourth-order valence-electron chi connectivity index (χ4n) is 3.53. The van der Waals surface area contributed by atoms with Gasteiger partial charge in [0.05, 0.1) is 10.9 Å². The van der Waals surface area contributed by atoms with Crippen molar-refractivity contribution in [1.82, 2.24) is 15.0 Å². The summed E-state index contributed by atoms with van der Waals surface area (Å²) < 4.78 is 20.7. The lowest BCUT2D eigenvalue weighted by Gasteiger charge is -2.13. The molecule has 1 amide bonds. The van der Waals surface area contributed by atoms with Crippen LogP contribution in [0.25, 0.3) is 11.0 Å². The molecule has 0 saturated carbocycles. The van der Waals surface area contributed by atoms with Crippen molar-refractivity contribution in [3.8, 4) is 11.5 Å². The standard InChI is InChI=1S/C26H20FN5O2.2ClH/c1-16-5-2-3-7-21(16)32-26(33)19-6-4-12-28-25(19)31-17-8-9-23(20(27)15-17)34-22-11-14-30-24-18(22)10-13-29-24;;/h2-15H,1H3,(H,28,31)(H,29,30)(H,32,33);2*1H. The van der Waals surface area contributed by atoms with E-state index in [0.29, 0.717) is 34.2 Å². The average Bonchev–Trinajstić information content (AvgIpc) is 3.33. The predicted molar refractivity (Wildman–Crippen MR) is 144 cm³/mol. The zero-order valence-corrected chi connectivity index (χ0v) is 20.6. The van der Waals surface area contributed by atoms with Gasteiger partial charge in [0, 0.05) is 36.0 Å². The van der Waals surface area contributed by atoms with Gasteiger partial charge in [0.25, 0.3) is 5.91 Å². The van der Waals surface area contributed by atoms with E-state index in [2.05, 4.69) is 25.6 Å². The van der Waals surface area contributed by atoms with E-state index in [4.69, 9.17) is 4.74 Å². The first-order valence-electron chi connectivity index (χ1n) is 10.6. The number of H-pyrrole nitrogens is 1. The lowest BCUT2D eigenvalue weighted by Crippen LogP contribution is -2.15. The predicted octanol–water partition coefficient (Wildman–Crippen LogP) is 7.04. The SMILES string of the molecule is Cc1ccccc1NC(=O)c1cccnc1Nc1ccc(Oc2ccnc3[nH]ccc23)c(F)c1.Cl.Cl. The summed E-state index contributed by atoms with van der Waals surface area (Å²) in [5.41, 5.74) is 3.07. The number of aryl methyl sites for hydroxylation is 1. The van der Waals surface area contributed by atoms with Crippen LogP contribution in [0.15, 0.2) is 85.3 Å². The highest BCUT2D eigenvalue weighted by Gasteiger charge is 2.15. The van der Waals surface area contributed by atoms with Crippen molar-refractivity contribution in [1.29, 1.82) is 0 Å². The highest BCUT2D eigenvalue weighted by atomic mass is 35.5. The normalized spacial score (nSPS) is 10.2. The Morgan fingerprint density at radius 2 is 1.78 bits per heavy atom. The fourth-order valence-corrected chi connectivity index (χ4v) is 3.53. The van der Waals surface area contributed by atoms with Crippen LogP contribution in [0.1, 0.15) is 15.9 Å². The monoisotopic (exact) mass is 525 g/mol. The number of aromatic nitrogens is 3. The van der Waals surface area contributed by atoms with E-state index in [1.54, 1.807) is 42.9 Å². The van der Waals surface area contributed by atoms with Crippen LogP contribution >= 0.6 is 24.8 Å². The van der Waals surface area contributed by atoms with E-state index in [9.17, 15) is 9.18 Å². The molecule has 0 aliphatic carbocycles. The van der Waals surface area contributed by atoms with Crippen molar-refractivity contribution >= 4 is 58.9 Å². The van der Waals surface area contributed by atoms with Gasteiger partial charge in [-0.2, -0.15) is 0 Å². The van der Waals surface area contributed by atoms with Gasteiger partial charge < -0.3 is 20.4 Å².